The van der Waals surface area contributed by atoms with Gasteiger partial charge in [0.05, 0.1) is 0 Å². The lowest BCUT2D eigenvalue weighted by molar-refractivity contribution is -0.167. The average molecular weight is 873 g/mol. The number of hydrogen-bond donors (Lipinski definition) is 0. The van der Waals surface area contributed by atoms with Gasteiger partial charge in [0, 0.05) is 19.3 Å². The van der Waals surface area contributed by atoms with Gasteiger partial charge in [-0.25, -0.2) is 0 Å². The van der Waals surface area contributed by atoms with Crippen LogP contribution < -0.4 is 0 Å². The van der Waals surface area contributed by atoms with Crippen LogP contribution in [0.25, 0.3) is 0 Å². The number of ether oxygens (including phenoxy) is 3. The van der Waals surface area contributed by atoms with Crippen LogP contribution in [0.2, 0.25) is 0 Å². The van der Waals surface area contributed by atoms with E-state index in [2.05, 4.69) is 45.1 Å². The van der Waals surface area contributed by atoms with E-state index >= 15 is 0 Å². The summed E-state index contributed by atoms with van der Waals surface area (Å²) in [7, 11) is 0. The Balaban J connectivity index is 4.34. The largest absolute Gasteiger partial charge is 0.462 e. The van der Waals surface area contributed by atoms with Crippen molar-refractivity contribution in [1.82, 2.24) is 0 Å². The summed E-state index contributed by atoms with van der Waals surface area (Å²) in [5.74, 6) is -0.869. The number of allylic oxidation sites excluding steroid dienone is 4. The Morgan fingerprint density at radius 3 is 0.823 bits per heavy atom. The molecule has 0 rings (SSSR count). The van der Waals surface area contributed by atoms with E-state index in [1.54, 1.807) is 0 Å². The zero-order chi connectivity index (χ0) is 45.1. The van der Waals surface area contributed by atoms with Crippen LogP contribution in [-0.2, 0) is 28.6 Å². The molecule has 0 bridgehead atoms. The second-order valence-corrected chi connectivity index (χ2v) is 18.5. The van der Waals surface area contributed by atoms with Crippen molar-refractivity contribution in [3.05, 3.63) is 24.3 Å². The van der Waals surface area contributed by atoms with Crippen LogP contribution in [0.4, 0.5) is 0 Å². The summed E-state index contributed by atoms with van der Waals surface area (Å²) in [6.45, 7) is 6.64. The van der Waals surface area contributed by atoms with Gasteiger partial charge in [0.15, 0.2) is 6.10 Å². The van der Waals surface area contributed by atoms with Crippen molar-refractivity contribution in [2.75, 3.05) is 13.2 Å². The molecular weight excluding hydrogens is 769 g/mol. The summed E-state index contributed by atoms with van der Waals surface area (Å²) in [5, 5.41) is 0. The van der Waals surface area contributed by atoms with Gasteiger partial charge in [0.1, 0.15) is 13.2 Å². The van der Waals surface area contributed by atoms with Crippen LogP contribution in [0.3, 0.4) is 0 Å². The number of esters is 3. The van der Waals surface area contributed by atoms with Crippen molar-refractivity contribution in [2.45, 2.75) is 303 Å². The summed E-state index contributed by atoms with van der Waals surface area (Å²) in [4.78, 5) is 38.0. The Morgan fingerprint density at radius 2 is 0.532 bits per heavy atom. The average Bonchev–Trinajstić information content (AvgIpc) is 3.27. The summed E-state index contributed by atoms with van der Waals surface area (Å²) < 4.78 is 16.8. The van der Waals surface area contributed by atoms with E-state index in [0.29, 0.717) is 19.3 Å². The van der Waals surface area contributed by atoms with Crippen LogP contribution in [0.15, 0.2) is 24.3 Å². The van der Waals surface area contributed by atoms with Gasteiger partial charge < -0.3 is 14.2 Å². The lowest BCUT2D eigenvalue weighted by Crippen LogP contribution is -2.30. The Labute approximate surface area is 385 Å². The molecule has 0 amide bonds. The van der Waals surface area contributed by atoms with Crippen molar-refractivity contribution in [3.63, 3.8) is 0 Å². The van der Waals surface area contributed by atoms with E-state index in [1.807, 2.05) is 0 Å². The molecule has 0 unspecified atom stereocenters. The third-order valence-electron chi connectivity index (χ3n) is 12.2. The molecule has 6 heteroatoms. The van der Waals surface area contributed by atoms with E-state index in [4.69, 9.17) is 14.2 Å². The van der Waals surface area contributed by atoms with Crippen molar-refractivity contribution in [3.8, 4) is 0 Å². The zero-order valence-corrected chi connectivity index (χ0v) is 41.7. The Morgan fingerprint density at radius 1 is 0.306 bits per heavy atom. The Bertz CT molecular complexity index is 1000. The highest BCUT2D eigenvalue weighted by Crippen LogP contribution is 2.16. The van der Waals surface area contributed by atoms with Crippen LogP contribution >= 0.6 is 0 Å². The molecule has 0 saturated heterocycles. The summed E-state index contributed by atoms with van der Waals surface area (Å²) in [6.07, 6.45) is 58.7. The first-order valence-corrected chi connectivity index (χ1v) is 27.3. The number of unbranched alkanes of at least 4 members (excludes halogenated alkanes) is 35. The van der Waals surface area contributed by atoms with Gasteiger partial charge >= 0.3 is 17.9 Å². The first-order valence-electron chi connectivity index (χ1n) is 27.3. The van der Waals surface area contributed by atoms with Crippen molar-refractivity contribution >= 4 is 17.9 Å². The SMILES string of the molecule is CCCCCC/C=C/CCCCCCCCCC(=O)O[C@H](COC(=O)CCCCCCC/C=C/CCCCCC)COC(=O)CCCCCCCCCCCCCCCCCC. The van der Waals surface area contributed by atoms with E-state index in [1.165, 1.54) is 193 Å². The van der Waals surface area contributed by atoms with Crippen LogP contribution in [0.1, 0.15) is 297 Å². The Kier molecular flexibility index (Phi) is 49.8. The molecule has 0 aliphatic carbocycles. The minimum absolute atomic E-state index is 0.0715. The lowest BCUT2D eigenvalue weighted by atomic mass is 10.0. The van der Waals surface area contributed by atoms with Gasteiger partial charge in [-0.2, -0.15) is 0 Å². The molecule has 0 aliphatic rings. The molecule has 0 spiro atoms. The molecule has 6 nitrogen and oxygen atoms in total. The van der Waals surface area contributed by atoms with E-state index in [0.717, 1.165) is 64.2 Å². The highest BCUT2D eigenvalue weighted by molar-refractivity contribution is 5.71. The quantitative estimate of drug-likeness (QED) is 0.0262. The van der Waals surface area contributed by atoms with Crippen molar-refractivity contribution in [1.29, 1.82) is 0 Å². The molecular formula is C56H104O6. The van der Waals surface area contributed by atoms with Gasteiger partial charge in [0.2, 0.25) is 0 Å². The van der Waals surface area contributed by atoms with Gasteiger partial charge in [-0.15, -0.1) is 0 Å². The molecule has 0 aliphatic heterocycles. The molecule has 0 aromatic carbocycles. The van der Waals surface area contributed by atoms with Gasteiger partial charge in [-0.3, -0.25) is 14.4 Å². The predicted octanol–water partition coefficient (Wildman–Crippen LogP) is 17.9. The minimum atomic E-state index is -0.772. The maximum atomic E-state index is 12.8. The predicted molar refractivity (Wildman–Crippen MR) is 266 cm³/mol. The number of hydrogen-bond acceptors (Lipinski definition) is 6. The van der Waals surface area contributed by atoms with Crippen LogP contribution in [-0.4, -0.2) is 37.2 Å². The second kappa shape index (κ2) is 51.5. The molecule has 62 heavy (non-hydrogen) atoms. The third kappa shape index (κ3) is 48.9. The Hall–Kier alpha value is -2.11. The first kappa shape index (κ1) is 59.9. The molecule has 0 fully saturated rings. The molecule has 364 valence electrons. The topological polar surface area (TPSA) is 78.9 Å². The highest BCUT2D eigenvalue weighted by Gasteiger charge is 2.19. The molecule has 0 saturated carbocycles. The summed E-state index contributed by atoms with van der Waals surface area (Å²) >= 11 is 0. The van der Waals surface area contributed by atoms with Crippen molar-refractivity contribution in [2.24, 2.45) is 0 Å². The smallest absolute Gasteiger partial charge is 0.306 e. The van der Waals surface area contributed by atoms with E-state index < -0.39 is 6.10 Å². The molecule has 0 aromatic rings. The number of carbonyl (C=O) groups is 3. The van der Waals surface area contributed by atoms with Crippen molar-refractivity contribution < 1.29 is 28.6 Å². The summed E-state index contributed by atoms with van der Waals surface area (Å²) in [5.41, 5.74) is 0. The molecule has 0 aromatic heterocycles. The molecule has 1 atom stereocenters. The van der Waals surface area contributed by atoms with Gasteiger partial charge in [-0.05, 0) is 70.6 Å². The monoisotopic (exact) mass is 873 g/mol. The fourth-order valence-electron chi connectivity index (χ4n) is 8.02. The van der Waals surface area contributed by atoms with Gasteiger partial charge in [-0.1, -0.05) is 231 Å². The van der Waals surface area contributed by atoms with E-state index in [-0.39, 0.29) is 31.1 Å². The van der Waals surface area contributed by atoms with Crippen LogP contribution in [0.5, 0.6) is 0 Å². The maximum Gasteiger partial charge on any atom is 0.306 e. The molecule has 0 heterocycles. The maximum absolute atomic E-state index is 12.8. The van der Waals surface area contributed by atoms with Crippen LogP contribution in [0, 0.1) is 0 Å². The first-order chi connectivity index (χ1) is 30.5. The number of carbonyl (C=O) groups excluding carboxylic acids is 3. The molecule has 0 N–H and O–H groups in total. The fraction of sp³-hybridized carbons (Fsp3) is 0.875. The van der Waals surface area contributed by atoms with Gasteiger partial charge in [0.25, 0.3) is 0 Å². The highest BCUT2D eigenvalue weighted by atomic mass is 16.6. The third-order valence-corrected chi connectivity index (χ3v) is 12.2. The number of rotatable bonds is 50. The molecule has 0 radical (unpaired) electrons. The zero-order valence-electron chi connectivity index (χ0n) is 41.7. The fourth-order valence-corrected chi connectivity index (χ4v) is 8.02. The normalized spacial score (nSPS) is 12.1. The van der Waals surface area contributed by atoms with E-state index in [9.17, 15) is 14.4 Å². The standard InChI is InChI=1S/C56H104O6/c1-4-7-10-13-16-19-22-25-27-29-31-34-37-40-43-46-49-55(58)61-52-53(51-60-54(57)48-45-42-39-36-33-30-24-21-18-15-12-9-6-3)62-56(59)50-47-44-41-38-35-32-28-26-23-20-17-14-11-8-5-2/h20-21,23-24,53H,4-19,22,25-52H2,1-3H3/b23-20+,24-21+/t53-/m1/s1. The minimum Gasteiger partial charge on any atom is -0.462 e. The lowest BCUT2D eigenvalue weighted by Gasteiger charge is -2.18. The second-order valence-electron chi connectivity index (χ2n) is 18.5. The summed E-state index contributed by atoms with van der Waals surface area (Å²) in [6, 6.07) is 0.